The van der Waals surface area contributed by atoms with Crippen molar-refractivity contribution in [1.82, 2.24) is 4.98 Å². The first-order valence-corrected chi connectivity index (χ1v) is 9.53. The van der Waals surface area contributed by atoms with Crippen LogP contribution in [0.5, 0.6) is 0 Å². The van der Waals surface area contributed by atoms with Crippen molar-refractivity contribution in [3.05, 3.63) is 77.1 Å². The number of ether oxygens (including phenoxy) is 1. The number of halogens is 1. The van der Waals surface area contributed by atoms with Crippen LogP contribution in [0.15, 0.2) is 65.8 Å². The molecule has 0 unspecified atom stereocenters. The van der Waals surface area contributed by atoms with E-state index in [4.69, 9.17) is 16.3 Å². The summed E-state index contributed by atoms with van der Waals surface area (Å²) in [5.74, 6) is 0. The van der Waals surface area contributed by atoms with Crippen molar-refractivity contribution in [2.45, 2.75) is 6.54 Å². The Bertz CT molecular complexity index is 897. The van der Waals surface area contributed by atoms with E-state index >= 15 is 0 Å². The number of morpholine rings is 1. The van der Waals surface area contributed by atoms with Gasteiger partial charge in [-0.25, -0.2) is 0 Å². The van der Waals surface area contributed by atoms with Crippen molar-refractivity contribution in [2.75, 3.05) is 31.2 Å². The summed E-state index contributed by atoms with van der Waals surface area (Å²) >= 11 is 6.06. The molecule has 4 nitrogen and oxygen atoms in total. The Morgan fingerprint density at radius 1 is 1.04 bits per heavy atom. The van der Waals surface area contributed by atoms with Gasteiger partial charge in [0.1, 0.15) is 0 Å². The van der Waals surface area contributed by atoms with Crippen molar-refractivity contribution in [3.63, 3.8) is 0 Å². The highest BCUT2D eigenvalue weighted by Crippen LogP contribution is 2.34. The van der Waals surface area contributed by atoms with Gasteiger partial charge in [-0.1, -0.05) is 54.1 Å². The number of anilines is 1. The van der Waals surface area contributed by atoms with Crippen LogP contribution in [0.3, 0.4) is 0 Å². The molecule has 0 atom stereocenters. The van der Waals surface area contributed by atoms with Crippen LogP contribution in [0.1, 0.15) is 11.3 Å². The molecule has 2 heterocycles. The summed E-state index contributed by atoms with van der Waals surface area (Å²) in [6, 6.07) is 18.2. The van der Waals surface area contributed by atoms with Gasteiger partial charge in [-0.2, -0.15) is 0 Å². The predicted octanol–water partition coefficient (Wildman–Crippen LogP) is 4.79. The van der Waals surface area contributed by atoms with Gasteiger partial charge in [0.15, 0.2) is 0 Å². The molecule has 138 valence electrons. The van der Waals surface area contributed by atoms with Gasteiger partial charge >= 0.3 is 0 Å². The number of rotatable bonds is 5. The highest BCUT2D eigenvalue weighted by molar-refractivity contribution is 6.30. The number of hydrogen-bond acceptors (Lipinski definition) is 3. The van der Waals surface area contributed by atoms with Crippen LogP contribution in [-0.2, 0) is 11.3 Å². The molecule has 0 spiro atoms. The smallest absolute Gasteiger partial charge is 0.0806 e. The molecule has 0 bridgehead atoms. The van der Waals surface area contributed by atoms with E-state index in [0.717, 1.165) is 48.1 Å². The fraction of sp³-hybridized carbons (Fsp3) is 0.227. The van der Waals surface area contributed by atoms with E-state index in [1.807, 2.05) is 36.5 Å². The summed E-state index contributed by atoms with van der Waals surface area (Å²) in [5, 5.41) is 0.742. The van der Waals surface area contributed by atoms with Gasteiger partial charge in [-0.15, -0.1) is 0 Å². The lowest BCUT2D eigenvalue weighted by atomic mass is 10.1. The molecule has 0 amide bonds. The van der Waals surface area contributed by atoms with Gasteiger partial charge < -0.3 is 14.6 Å². The SMILES string of the molecule is Clc1ccc(-c2c[nH]c(C=NCc3ccccc3)c2N2CCOCC2)cc1. The highest BCUT2D eigenvalue weighted by Gasteiger charge is 2.20. The van der Waals surface area contributed by atoms with E-state index in [9.17, 15) is 0 Å². The average Bonchev–Trinajstić information content (AvgIpc) is 3.14. The van der Waals surface area contributed by atoms with Crippen molar-refractivity contribution >= 4 is 23.5 Å². The second kappa shape index (κ2) is 8.42. The van der Waals surface area contributed by atoms with Crippen molar-refractivity contribution in [2.24, 2.45) is 4.99 Å². The quantitative estimate of drug-likeness (QED) is 0.647. The molecule has 1 saturated heterocycles. The molecular formula is C22H22ClN3O. The summed E-state index contributed by atoms with van der Waals surface area (Å²) in [5.41, 5.74) is 5.70. The molecular weight excluding hydrogens is 358 g/mol. The minimum absolute atomic E-state index is 0.665. The van der Waals surface area contributed by atoms with Crippen LogP contribution in [-0.4, -0.2) is 37.5 Å². The topological polar surface area (TPSA) is 40.6 Å². The molecule has 27 heavy (non-hydrogen) atoms. The first-order chi connectivity index (χ1) is 13.3. The summed E-state index contributed by atoms with van der Waals surface area (Å²) in [4.78, 5) is 10.4. The molecule has 1 fully saturated rings. The molecule has 1 aliphatic rings. The Morgan fingerprint density at radius 3 is 2.52 bits per heavy atom. The number of hydrogen-bond donors (Lipinski definition) is 1. The average molecular weight is 380 g/mol. The maximum Gasteiger partial charge on any atom is 0.0806 e. The van der Waals surface area contributed by atoms with Crippen LogP contribution >= 0.6 is 11.6 Å². The van der Waals surface area contributed by atoms with E-state index in [1.165, 1.54) is 11.3 Å². The lowest BCUT2D eigenvalue weighted by molar-refractivity contribution is 0.123. The number of H-pyrrole nitrogens is 1. The molecule has 1 aliphatic heterocycles. The molecule has 3 aromatic rings. The largest absolute Gasteiger partial charge is 0.378 e. The third-order valence-corrected chi connectivity index (χ3v) is 4.95. The Hall–Kier alpha value is -2.56. The maximum atomic E-state index is 6.06. The fourth-order valence-corrected chi connectivity index (χ4v) is 3.46. The zero-order valence-corrected chi connectivity index (χ0v) is 15.8. The lowest BCUT2D eigenvalue weighted by Crippen LogP contribution is -2.36. The monoisotopic (exact) mass is 379 g/mol. The highest BCUT2D eigenvalue weighted by atomic mass is 35.5. The predicted molar refractivity (Wildman–Crippen MR) is 112 cm³/mol. The molecule has 0 saturated carbocycles. The third kappa shape index (κ3) is 4.24. The zero-order valence-electron chi connectivity index (χ0n) is 15.1. The van der Waals surface area contributed by atoms with Crippen molar-refractivity contribution < 1.29 is 4.74 Å². The number of aliphatic imine (C=N–C) groups is 1. The third-order valence-electron chi connectivity index (χ3n) is 4.70. The molecule has 5 heteroatoms. The summed E-state index contributed by atoms with van der Waals surface area (Å²) < 4.78 is 5.53. The van der Waals surface area contributed by atoms with Crippen LogP contribution in [0, 0.1) is 0 Å². The molecule has 4 rings (SSSR count). The number of aromatic nitrogens is 1. The number of nitrogens with zero attached hydrogens (tertiary/aromatic N) is 2. The molecule has 1 N–H and O–H groups in total. The number of nitrogens with one attached hydrogen (secondary N) is 1. The molecule has 2 aromatic carbocycles. The fourth-order valence-electron chi connectivity index (χ4n) is 3.33. The van der Waals surface area contributed by atoms with Gasteiger partial charge in [-0.05, 0) is 23.3 Å². The van der Waals surface area contributed by atoms with E-state index in [1.54, 1.807) is 0 Å². The minimum Gasteiger partial charge on any atom is -0.378 e. The number of aromatic amines is 1. The van der Waals surface area contributed by atoms with Gasteiger partial charge in [0.05, 0.1) is 31.1 Å². The molecule has 1 aromatic heterocycles. The van der Waals surface area contributed by atoms with Gasteiger partial charge in [0.25, 0.3) is 0 Å². The van der Waals surface area contributed by atoms with Gasteiger partial charge in [0.2, 0.25) is 0 Å². The maximum absolute atomic E-state index is 6.06. The van der Waals surface area contributed by atoms with E-state index in [2.05, 4.69) is 45.3 Å². The van der Waals surface area contributed by atoms with Crippen LogP contribution < -0.4 is 4.90 Å². The van der Waals surface area contributed by atoms with Crippen LogP contribution in [0.4, 0.5) is 5.69 Å². The lowest BCUT2D eigenvalue weighted by Gasteiger charge is -2.30. The minimum atomic E-state index is 0.665. The van der Waals surface area contributed by atoms with Crippen molar-refractivity contribution in [3.8, 4) is 11.1 Å². The van der Waals surface area contributed by atoms with E-state index < -0.39 is 0 Å². The first-order valence-electron chi connectivity index (χ1n) is 9.15. The van der Waals surface area contributed by atoms with Crippen molar-refractivity contribution in [1.29, 1.82) is 0 Å². The Morgan fingerprint density at radius 2 is 1.78 bits per heavy atom. The zero-order chi connectivity index (χ0) is 18.5. The molecule has 0 aliphatic carbocycles. The van der Waals surface area contributed by atoms with E-state index in [0.29, 0.717) is 6.54 Å². The Labute approximate surface area is 164 Å². The Kier molecular flexibility index (Phi) is 5.56. The second-order valence-corrected chi connectivity index (χ2v) is 6.96. The summed E-state index contributed by atoms with van der Waals surface area (Å²) in [7, 11) is 0. The van der Waals surface area contributed by atoms with Crippen LogP contribution in [0.2, 0.25) is 5.02 Å². The standard InChI is InChI=1S/C22H22ClN3O/c23-19-8-6-18(7-9-19)20-15-25-21(22(20)26-10-12-27-13-11-26)16-24-14-17-4-2-1-3-5-17/h1-9,15-16,25H,10-14H2. The summed E-state index contributed by atoms with van der Waals surface area (Å²) in [6.45, 7) is 3.90. The molecule has 0 radical (unpaired) electrons. The van der Waals surface area contributed by atoms with Gasteiger partial charge in [-0.3, -0.25) is 4.99 Å². The Balaban J connectivity index is 1.65. The second-order valence-electron chi connectivity index (χ2n) is 6.53. The normalized spacial score (nSPS) is 14.8. The first kappa shape index (κ1) is 17.8. The van der Waals surface area contributed by atoms with Crippen LogP contribution in [0.25, 0.3) is 11.1 Å². The summed E-state index contributed by atoms with van der Waals surface area (Å²) in [6.07, 6.45) is 4.00. The van der Waals surface area contributed by atoms with E-state index in [-0.39, 0.29) is 0 Å². The number of benzene rings is 2. The van der Waals surface area contributed by atoms with Gasteiger partial charge in [0, 0.05) is 36.1 Å².